The summed E-state index contributed by atoms with van der Waals surface area (Å²) in [6, 6.07) is 6.04. The number of unbranched alkanes of at least 4 members (excludes halogenated alkanes) is 25. The summed E-state index contributed by atoms with van der Waals surface area (Å²) in [5, 5.41) is 6.19. The number of nitrogens with two attached hydrogens (primary N) is 2. The number of aliphatic imine (C=N–C) groups is 1. The van der Waals surface area contributed by atoms with Gasteiger partial charge in [0.2, 0.25) is 11.9 Å². The summed E-state index contributed by atoms with van der Waals surface area (Å²) in [4.78, 5) is 41.9. The van der Waals surface area contributed by atoms with Crippen molar-refractivity contribution in [1.29, 1.82) is 0 Å². The van der Waals surface area contributed by atoms with Gasteiger partial charge in [0, 0.05) is 69.2 Å². The Labute approximate surface area is 420 Å². The maximum Gasteiger partial charge on any atom is 0.409 e. The van der Waals surface area contributed by atoms with Gasteiger partial charge in [0.05, 0.1) is 20.3 Å². The molecule has 13 heteroatoms. The summed E-state index contributed by atoms with van der Waals surface area (Å²) in [5.41, 5.74) is 15.0. The molecule has 3 rings (SSSR count). The number of nitrogen functional groups attached to an aromatic ring is 2. The minimum atomic E-state index is -0.311. The number of nitrogens with one attached hydrogen (secondary N) is 2. The SMILES string of the molecule is CCCCCCCCCCCCC.CCCCCCCCCCCCCCCCCC(=O)NCCCOC(=O)N1CCN(c2ccc(CN=Cc3nc(N)nc(NCCCC)c3N)c(OC)c2)CC1. The third kappa shape index (κ3) is 29.5. The van der Waals surface area contributed by atoms with Crippen LogP contribution in [0.2, 0.25) is 0 Å². The zero-order chi connectivity index (χ0) is 50.0. The molecule has 0 atom stereocenters. The Morgan fingerprint density at radius 1 is 0.652 bits per heavy atom. The number of methoxy groups -OCH3 is 1. The minimum absolute atomic E-state index is 0.0851. The number of piperazine rings is 1. The van der Waals surface area contributed by atoms with Crippen molar-refractivity contribution in [3.05, 3.63) is 29.5 Å². The topological polar surface area (TPSA) is 173 Å². The molecule has 2 aromatic rings. The largest absolute Gasteiger partial charge is 0.496 e. The first-order chi connectivity index (χ1) is 33.8. The number of aromatic nitrogens is 2. The second-order valence-electron chi connectivity index (χ2n) is 19.1. The van der Waals surface area contributed by atoms with Crippen molar-refractivity contribution < 1.29 is 19.1 Å². The van der Waals surface area contributed by atoms with Gasteiger partial charge in [0.15, 0.2) is 5.82 Å². The predicted octanol–water partition coefficient (Wildman–Crippen LogP) is 13.8. The Kier molecular flexibility index (Phi) is 36.6. The number of benzene rings is 1. The fraction of sp³-hybridized carbons (Fsp3) is 0.768. The number of nitrogens with zero attached hydrogens (tertiary/aromatic N) is 5. The fourth-order valence-electron chi connectivity index (χ4n) is 8.59. The van der Waals surface area contributed by atoms with Crippen LogP contribution in [0.3, 0.4) is 0 Å². The number of rotatable bonds is 39. The highest BCUT2D eigenvalue weighted by Gasteiger charge is 2.23. The van der Waals surface area contributed by atoms with Crippen molar-refractivity contribution in [3.63, 3.8) is 0 Å². The van der Waals surface area contributed by atoms with E-state index in [4.69, 9.17) is 20.9 Å². The van der Waals surface area contributed by atoms with Crippen LogP contribution < -0.4 is 31.7 Å². The fourth-order valence-corrected chi connectivity index (χ4v) is 8.59. The molecule has 69 heavy (non-hydrogen) atoms. The molecule has 2 amide bonds. The predicted molar refractivity (Wildman–Crippen MR) is 293 cm³/mol. The van der Waals surface area contributed by atoms with Crippen LogP contribution in [0, 0.1) is 0 Å². The third-order valence-corrected chi connectivity index (χ3v) is 13.0. The first kappa shape index (κ1) is 60.8. The molecule has 1 aliphatic rings. The van der Waals surface area contributed by atoms with Gasteiger partial charge in [-0.3, -0.25) is 9.79 Å². The van der Waals surface area contributed by atoms with Crippen LogP contribution in [0.15, 0.2) is 23.2 Å². The van der Waals surface area contributed by atoms with Crippen molar-refractivity contribution in [2.24, 2.45) is 4.99 Å². The number of carbonyl (C=O) groups excluding carboxylic acids is 2. The van der Waals surface area contributed by atoms with E-state index in [0.29, 0.717) is 69.3 Å². The van der Waals surface area contributed by atoms with Crippen LogP contribution in [0.4, 0.5) is 27.9 Å². The van der Waals surface area contributed by atoms with Gasteiger partial charge in [-0.25, -0.2) is 9.78 Å². The molecule has 1 saturated heterocycles. The summed E-state index contributed by atoms with van der Waals surface area (Å²) in [6.45, 7) is 13.3. The lowest BCUT2D eigenvalue weighted by molar-refractivity contribution is -0.121. The first-order valence-corrected chi connectivity index (χ1v) is 28.0. The van der Waals surface area contributed by atoms with Gasteiger partial charge >= 0.3 is 6.09 Å². The molecule has 1 aromatic carbocycles. The quantitative estimate of drug-likeness (QED) is 0.0373. The highest BCUT2D eigenvalue weighted by molar-refractivity contribution is 5.89. The maximum absolute atomic E-state index is 12.7. The van der Waals surface area contributed by atoms with Crippen LogP contribution in [-0.2, 0) is 16.1 Å². The minimum Gasteiger partial charge on any atom is -0.496 e. The smallest absolute Gasteiger partial charge is 0.409 e. The Bertz CT molecular complexity index is 1610. The number of ether oxygens (including phenoxy) is 2. The van der Waals surface area contributed by atoms with Gasteiger partial charge < -0.3 is 41.4 Å². The van der Waals surface area contributed by atoms with Crippen molar-refractivity contribution in [3.8, 4) is 5.75 Å². The summed E-state index contributed by atoms with van der Waals surface area (Å²) < 4.78 is 11.2. The molecule has 394 valence electrons. The van der Waals surface area contributed by atoms with Gasteiger partial charge in [0.1, 0.15) is 17.1 Å². The molecule has 1 fully saturated rings. The van der Waals surface area contributed by atoms with Gasteiger partial charge in [-0.15, -0.1) is 0 Å². The summed E-state index contributed by atoms with van der Waals surface area (Å²) in [7, 11) is 1.64. The zero-order valence-corrected chi connectivity index (χ0v) is 44.7. The molecule has 0 radical (unpaired) electrons. The maximum atomic E-state index is 12.7. The average molecular weight is 964 g/mol. The second kappa shape index (κ2) is 41.5. The van der Waals surface area contributed by atoms with E-state index in [0.717, 1.165) is 49.2 Å². The van der Waals surface area contributed by atoms with Gasteiger partial charge in [-0.2, -0.15) is 4.98 Å². The Balaban J connectivity index is 0.00000109. The Morgan fingerprint density at radius 2 is 1.16 bits per heavy atom. The third-order valence-electron chi connectivity index (χ3n) is 13.0. The molecule has 2 heterocycles. The number of carbonyl (C=O) groups is 2. The Morgan fingerprint density at radius 3 is 1.67 bits per heavy atom. The van der Waals surface area contributed by atoms with Gasteiger partial charge in [-0.05, 0) is 25.3 Å². The summed E-state index contributed by atoms with van der Waals surface area (Å²) in [6.07, 6.45) is 40.2. The zero-order valence-electron chi connectivity index (χ0n) is 44.7. The lowest BCUT2D eigenvalue weighted by Crippen LogP contribution is -2.49. The second-order valence-corrected chi connectivity index (χ2v) is 19.1. The van der Waals surface area contributed by atoms with Crippen molar-refractivity contribution in [2.75, 3.05) is 74.7 Å². The average Bonchev–Trinajstić information content (AvgIpc) is 3.36. The van der Waals surface area contributed by atoms with Crippen molar-refractivity contribution >= 4 is 41.4 Å². The molecule has 13 nitrogen and oxygen atoms in total. The highest BCUT2D eigenvalue weighted by Crippen LogP contribution is 2.28. The first-order valence-electron chi connectivity index (χ1n) is 28.0. The van der Waals surface area contributed by atoms with E-state index in [1.54, 1.807) is 18.2 Å². The lowest BCUT2D eigenvalue weighted by atomic mass is 10.0. The molecular weight excluding hydrogens is 863 g/mol. The standard InChI is InChI=1S/C43H73N9O4.C13H28/c1-4-6-8-9-10-11-12-13-14-15-16-17-18-19-20-22-39(53)47-26-21-31-56-43(54)52-29-27-51(28-30-52)36-24-23-35(38(32-36)55-3)33-46-34-37-40(44)41(48-25-7-5-2)50-42(45)49-37;1-3-5-7-9-11-13-12-10-8-6-4-2/h23-24,32,34H,4-22,25-31,33,44H2,1-3H3,(H,47,53)(H3,45,48,49,50);3-13H2,1-2H3. The molecule has 0 aliphatic carbocycles. The van der Waals surface area contributed by atoms with E-state index in [2.05, 4.69) is 58.2 Å². The molecule has 0 saturated carbocycles. The lowest BCUT2D eigenvalue weighted by Gasteiger charge is -2.35. The number of anilines is 4. The summed E-state index contributed by atoms with van der Waals surface area (Å²) >= 11 is 0. The molecule has 0 unspecified atom stereocenters. The number of hydrogen-bond acceptors (Lipinski definition) is 11. The highest BCUT2D eigenvalue weighted by atomic mass is 16.6. The molecule has 6 N–H and O–H groups in total. The van der Waals surface area contributed by atoms with E-state index in [1.807, 2.05) is 18.2 Å². The van der Waals surface area contributed by atoms with Crippen molar-refractivity contribution in [2.45, 2.75) is 227 Å². The van der Waals surface area contributed by atoms with Crippen molar-refractivity contribution in [1.82, 2.24) is 20.2 Å². The van der Waals surface area contributed by atoms with Crippen LogP contribution >= 0.6 is 0 Å². The number of amides is 2. The van der Waals surface area contributed by atoms with Crippen LogP contribution in [0.1, 0.15) is 232 Å². The molecule has 1 aliphatic heterocycles. The van der Waals surface area contributed by atoms with Crippen LogP contribution in [0.5, 0.6) is 5.75 Å². The molecule has 0 bridgehead atoms. The normalized spacial score (nSPS) is 12.5. The monoisotopic (exact) mass is 964 g/mol. The van der Waals surface area contributed by atoms with E-state index >= 15 is 0 Å². The molecule has 1 aromatic heterocycles. The van der Waals surface area contributed by atoms with Crippen LogP contribution in [0.25, 0.3) is 0 Å². The van der Waals surface area contributed by atoms with E-state index in [1.165, 1.54) is 154 Å². The molecule has 0 spiro atoms. The number of hydrogen-bond donors (Lipinski definition) is 4. The summed E-state index contributed by atoms with van der Waals surface area (Å²) in [5.74, 6) is 1.46. The van der Waals surface area contributed by atoms with E-state index in [-0.39, 0.29) is 24.6 Å². The Hall–Kier alpha value is -4.29. The van der Waals surface area contributed by atoms with Crippen LogP contribution in [-0.4, -0.2) is 86.1 Å². The van der Waals surface area contributed by atoms with Gasteiger partial charge in [-0.1, -0.05) is 201 Å². The van der Waals surface area contributed by atoms with E-state index < -0.39 is 0 Å². The van der Waals surface area contributed by atoms with E-state index in [9.17, 15) is 9.59 Å². The molecular formula is C56H101N9O4. The van der Waals surface area contributed by atoms with Gasteiger partial charge in [0.25, 0.3) is 0 Å².